The van der Waals surface area contributed by atoms with E-state index in [9.17, 15) is 13.2 Å². The Hall–Kier alpha value is -1.40. The number of benzene rings is 1. The van der Waals surface area contributed by atoms with Crippen LogP contribution in [0.4, 0.5) is 5.69 Å². The molecular weight excluding hydrogens is 264 g/mol. The summed E-state index contributed by atoms with van der Waals surface area (Å²) in [4.78, 5) is 11.7. The molecule has 5 nitrogen and oxygen atoms in total. The lowest BCUT2D eigenvalue weighted by Gasteiger charge is -2.08. The van der Waals surface area contributed by atoms with Crippen LogP contribution >= 0.6 is 0 Å². The van der Waals surface area contributed by atoms with Crippen molar-refractivity contribution in [1.82, 2.24) is 0 Å². The minimum absolute atomic E-state index is 0.00535. The lowest BCUT2D eigenvalue weighted by molar-refractivity contribution is -0.113. The minimum atomic E-state index is -3.35. The molecule has 0 atom stereocenters. The summed E-state index contributed by atoms with van der Waals surface area (Å²) in [6, 6.07) is 7.24. The Kier molecular flexibility index (Phi) is 5.98. The van der Waals surface area contributed by atoms with Crippen LogP contribution in [-0.4, -0.2) is 32.4 Å². The molecule has 19 heavy (non-hydrogen) atoms. The standard InChI is InChI=1S/C13H20N2O3S/c1-11-6-2-3-7-12(11)15-13(16)10-19(17,18)9-5-4-8-14/h2-3,6-7H,4-5,8-10,14H2,1H3,(H,15,16). The zero-order chi connectivity index (χ0) is 14.3. The number of hydrogen-bond acceptors (Lipinski definition) is 4. The van der Waals surface area contributed by atoms with E-state index in [0.29, 0.717) is 25.1 Å². The second-order valence-corrected chi connectivity index (χ2v) is 6.63. The van der Waals surface area contributed by atoms with E-state index in [2.05, 4.69) is 5.32 Å². The monoisotopic (exact) mass is 284 g/mol. The van der Waals surface area contributed by atoms with Gasteiger partial charge in [-0.25, -0.2) is 8.42 Å². The summed E-state index contributed by atoms with van der Waals surface area (Å²) in [5.74, 6) is -0.973. The molecule has 0 unspecified atom stereocenters. The summed E-state index contributed by atoms with van der Waals surface area (Å²) < 4.78 is 23.4. The van der Waals surface area contributed by atoms with Gasteiger partial charge in [-0.2, -0.15) is 0 Å². The molecule has 0 heterocycles. The number of para-hydroxylation sites is 1. The van der Waals surface area contributed by atoms with Crippen LogP contribution in [0, 0.1) is 6.92 Å². The van der Waals surface area contributed by atoms with E-state index >= 15 is 0 Å². The Bertz CT molecular complexity index is 526. The van der Waals surface area contributed by atoms with E-state index in [-0.39, 0.29) is 5.75 Å². The molecule has 106 valence electrons. The third-order valence-electron chi connectivity index (χ3n) is 2.68. The number of carbonyl (C=O) groups is 1. The smallest absolute Gasteiger partial charge is 0.239 e. The second kappa shape index (κ2) is 7.25. The summed E-state index contributed by atoms with van der Waals surface area (Å²) in [6.07, 6.45) is 1.15. The number of amides is 1. The predicted octanol–water partition coefficient (Wildman–Crippen LogP) is 1.09. The van der Waals surface area contributed by atoms with Gasteiger partial charge in [0, 0.05) is 5.69 Å². The van der Waals surface area contributed by atoms with E-state index in [4.69, 9.17) is 5.73 Å². The van der Waals surface area contributed by atoms with Crippen molar-refractivity contribution >= 4 is 21.4 Å². The highest BCUT2D eigenvalue weighted by atomic mass is 32.2. The molecule has 1 amide bonds. The van der Waals surface area contributed by atoms with Gasteiger partial charge in [-0.15, -0.1) is 0 Å². The molecule has 0 aliphatic carbocycles. The Balaban J connectivity index is 2.53. The lowest BCUT2D eigenvalue weighted by atomic mass is 10.2. The molecule has 1 aromatic rings. The third kappa shape index (κ3) is 5.85. The predicted molar refractivity (Wildman–Crippen MR) is 76.8 cm³/mol. The van der Waals surface area contributed by atoms with Crippen LogP contribution < -0.4 is 11.1 Å². The van der Waals surface area contributed by atoms with Crippen molar-refractivity contribution in [3.05, 3.63) is 29.8 Å². The molecule has 0 fully saturated rings. The van der Waals surface area contributed by atoms with Crippen LogP contribution in [0.3, 0.4) is 0 Å². The van der Waals surface area contributed by atoms with Crippen molar-refractivity contribution in [2.75, 3.05) is 23.4 Å². The van der Waals surface area contributed by atoms with Crippen molar-refractivity contribution in [2.45, 2.75) is 19.8 Å². The van der Waals surface area contributed by atoms with Gasteiger partial charge in [-0.3, -0.25) is 4.79 Å². The van der Waals surface area contributed by atoms with E-state index in [1.807, 2.05) is 19.1 Å². The van der Waals surface area contributed by atoms with Crippen molar-refractivity contribution in [2.24, 2.45) is 5.73 Å². The van der Waals surface area contributed by atoms with Gasteiger partial charge in [-0.1, -0.05) is 18.2 Å². The topological polar surface area (TPSA) is 89.3 Å². The van der Waals surface area contributed by atoms with Gasteiger partial charge < -0.3 is 11.1 Å². The SMILES string of the molecule is Cc1ccccc1NC(=O)CS(=O)(=O)CCCCN. The van der Waals surface area contributed by atoms with Crippen LogP contribution in [0.1, 0.15) is 18.4 Å². The van der Waals surface area contributed by atoms with Gasteiger partial charge in [-0.05, 0) is 37.9 Å². The first kappa shape index (κ1) is 15.7. The molecule has 0 bridgehead atoms. The molecule has 0 saturated heterocycles. The van der Waals surface area contributed by atoms with Crippen LogP contribution in [-0.2, 0) is 14.6 Å². The molecule has 1 aromatic carbocycles. The Morgan fingerprint density at radius 2 is 1.95 bits per heavy atom. The van der Waals surface area contributed by atoms with E-state index in [1.54, 1.807) is 12.1 Å². The normalized spacial score (nSPS) is 11.3. The number of rotatable bonds is 7. The molecule has 0 aliphatic heterocycles. The number of sulfone groups is 1. The summed E-state index contributed by atoms with van der Waals surface area (Å²) in [5, 5.41) is 2.61. The van der Waals surface area contributed by atoms with Crippen molar-refractivity contribution < 1.29 is 13.2 Å². The summed E-state index contributed by atoms with van der Waals surface area (Å²) >= 11 is 0. The first-order valence-electron chi connectivity index (χ1n) is 6.20. The number of nitrogens with two attached hydrogens (primary N) is 1. The Labute approximate surface area is 114 Å². The summed E-state index contributed by atoms with van der Waals surface area (Å²) in [7, 11) is -3.35. The highest BCUT2D eigenvalue weighted by Gasteiger charge is 2.16. The maximum absolute atomic E-state index is 11.7. The first-order chi connectivity index (χ1) is 8.94. The summed E-state index contributed by atoms with van der Waals surface area (Å²) in [5.41, 5.74) is 6.85. The third-order valence-corrected chi connectivity index (χ3v) is 4.29. The van der Waals surface area contributed by atoms with Gasteiger partial charge in [0.2, 0.25) is 5.91 Å². The largest absolute Gasteiger partial charge is 0.330 e. The first-order valence-corrected chi connectivity index (χ1v) is 8.03. The van der Waals surface area contributed by atoms with Gasteiger partial charge in [0.1, 0.15) is 5.75 Å². The Morgan fingerprint density at radius 3 is 2.58 bits per heavy atom. The number of anilines is 1. The highest BCUT2D eigenvalue weighted by Crippen LogP contribution is 2.13. The van der Waals surface area contributed by atoms with Gasteiger partial charge in [0.25, 0.3) is 0 Å². The van der Waals surface area contributed by atoms with Crippen molar-refractivity contribution in [3.63, 3.8) is 0 Å². The minimum Gasteiger partial charge on any atom is -0.330 e. The van der Waals surface area contributed by atoms with Gasteiger partial charge in [0.05, 0.1) is 5.75 Å². The van der Waals surface area contributed by atoms with E-state index < -0.39 is 21.5 Å². The molecule has 1 rings (SSSR count). The molecule has 0 radical (unpaired) electrons. The maximum Gasteiger partial charge on any atom is 0.239 e. The molecule has 3 N–H and O–H groups in total. The number of nitrogens with one attached hydrogen (secondary N) is 1. The van der Waals surface area contributed by atoms with Gasteiger partial charge in [0.15, 0.2) is 9.84 Å². The average molecular weight is 284 g/mol. The van der Waals surface area contributed by atoms with Crippen LogP contribution in [0.2, 0.25) is 0 Å². The quantitative estimate of drug-likeness (QED) is 0.733. The number of unbranched alkanes of at least 4 members (excludes halogenated alkanes) is 1. The number of carbonyl (C=O) groups excluding carboxylic acids is 1. The summed E-state index contributed by atoms with van der Waals surface area (Å²) in [6.45, 7) is 2.32. The lowest BCUT2D eigenvalue weighted by Crippen LogP contribution is -2.25. The zero-order valence-corrected chi connectivity index (χ0v) is 11.9. The fourth-order valence-electron chi connectivity index (χ4n) is 1.64. The van der Waals surface area contributed by atoms with Crippen molar-refractivity contribution in [3.8, 4) is 0 Å². The maximum atomic E-state index is 11.7. The molecule has 0 spiro atoms. The fraction of sp³-hybridized carbons (Fsp3) is 0.462. The van der Waals surface area contributed by atoms with Crippen LogP contribution in [0.25, 0.3) is 0 Å². The molecular formula is C13H20N2O3S. The van der Waals surface area contributed by atoms with Crippen LogP contribution in [0.5, 0.6) is 0 Å². The highest BCUT2D eigenvalue weighted by molar-refractivity contribution is 7.92. The average Bonchev–Trinajstić information content (AvgIpc) is 2.31. The molecule has 6 heteroatoms. The van der Waals surface area contributed by atoms with Gasteiger partial charge >= 0.3 is 0 Å². The molecule has 0 saturated carbocycles. The fourth-order valence-corrected chi connectivity index (χ4v) is 2.90. The number of hydrogen-bond donors (Lipinski definition) is 2. The van der Waals surface area contributed by atoms with E-state index in [1.165, 1.54) is 0 Å². The molecule has 0 aromatic heterocycles. The van der Waals surface area contributed by atoms with Crippen LogP contribution in [0.15, 0.2) is 24.3 Å². The van der Waals surface area contributed by atoms with Crippen molar-refractivity contribution in [1.29, 1.82) is 0 Å². The van der Waals surface area contributed by atoms with E-state index in [0.717, 1.165) is 5.56 Å². The molecule has 0 aliphatic rings. The zero-order valence-electron chi connectivity index (χ0n) is 11.1. The number of aryl methyl sites for hydroxylation is 1. The Morgan fingerprint density at radius 1 is 1.26 bits per heavy atom. The second-order valence-electron chi connectivity index (χ2n) is 4.45.